The first-order chi connectivity index (χ1) is 16.5. The molecule has 0 saturated carbocycles. The summed E-state index contributed by atoms with van der Waals surface area (Å²) >= 11 is 0. The molecule has 200 valence electrons. The molecule has 0 bridgehead atoms. The molecule has 0 radical (unpaired) electrons. The molecule has 35 heavy (non-hydrogen) atoms. The highest BCUT2D eigenvalue weighted by Crippen LogP contribution is 2.49. The Morgan fingerprint density at radius 1 is 0.514 bits per heavy atom. The molecule has 0 saturated heterocycles. The lowest BCUT2D eigenvalue weighted by Crippen LogP contribution is -2.09. The molecule has 0 aromatic rings. The number of carbonyl (C=O) groups is 3. The minimum absolute atomic E-state index is 0.0777. The molecule has 0 aliphatic rings. The lowest BCUT2D eigenvalue weighted by atomic mass is 10.3. The average molecular weight is 519 g/mol. The van der Waals surface area contributed by atoms with Crippen molar-refractivity contribution in [3.8, 4) is 0 Å². The molecule has 0 aromatic heterocycles. The van der Waals surface area contributed by atoms with Crippen LogP contribution >= 0.6 is 7.82 Å². The first-order valence-corrected chi connectivity index (χ1v) is 13.0. The zero-order valence-corrected chi connectivity index (χ0v) is 22.0. The number of ether oxygens (including phenoxy) is 3. The summed E-state index contributed by atoms with van der Waals surface area (Å²) in [7, 11) is -3.84. The van der Waals surface area contributed by atoms with Crippen molar-refractivity contribution in [2.75, 3.05) is 39.6 Å². The SMILES string of the molecule is C=C(C)C(=O)OCCCCOP(=O)(OCCCCOC(=O)C(=C)C)OCCCCOC(=O)C(=C)C. The average Bonchev–Trinajstić information content (AvgIpc) is 2.79. The van der Waals surface area contributed by atoms with Crippen LogP contribution in [0.1, 0.15) is 59.3 Å². The van der Waals surface area contributed by atoms with Gasteiger partial charge >= 0.3 is 25.7 Å². The van der Waals surface area contributed by atoms with Crippen molar-refractivity contribution in [1.82, 2.24) is 0 Å². The topological polar surface area (TPSA) is 124 Å². The smallest absolute Gasteiger partial charge is 0.462 e. The van der Waals surface area contributed by atoms with E-state index >= 15 is 0 Å². The van der Waals surface area contributed by atoms with E-state index in [1.54, 1.807) is 20.8 Å². The first-order valence-electron chi connectivity index (χ1n) is 11.5. The van der Waals surface area contributed by atoms with Gasteiger partial charge in [0.05, 0.1) is 39.6 Å². The highest BCUT2D eigenvalue weighted by molar-refractivity contribution is 7.48. The molecule has 10 nitrogen and oxygen atoms in total. The van der Waals surface area contributed by atoms with Crippen molar-refractivity contribution in [2.24, 2.45) is 0 Å². The maximum Gasteiger partial charge on any atom is 0.474 e. The third kappa shape index (κ3) is 17.8. The van der Waals surface area contributed by atoms with Crippen molar-refractivity contribution in [1.29, 1.82) is 0 Å². The third-order valence-electron chi connectivity index (χ3n) is 4.11. The van der Waals surface area contributed by atoms with E-state index < -0.39 is 25.7 Å². The normalized spacial score (nSPS) is 10.9. The highest BCUT2D eigenvalue weighted by Gasteiger charge is 2.26. The molecule has 0 N–H and O–H groups in total. The van der Waals surface area contributed by atoms with E-state index in [2.05, 4.69) is 19.7 Å². The van der Waals surface area contributed by atoms with E-state index in [0.29, 0.717) is 55.2 Å². The molecular weight excluding hydrogens is 479 g/mol. The van der Waals surface area contributed by atoms with Crippen LogP contribution in [0.5, 0.6) is 0 Å². The minimum Gasteiger partial charge on any atom is -0.462 e. The van der Waals surface area contributed by atoms with Gasteiger partial charge < -0.3 is 14.2 Å². The summed E-state index contributed by atoms with van der Waals surface area (Å²) in [5.41, 5.74) is 0.948. The fraction of sp³-hybridized carbons (Fsp3) is 0.625. The number of hydrogen-bond acceptors (Lipinski definition) is 10. The van der Waals surface area contributed by atoms with E-state index in [1.807, 2.05) is 0 Å². The second-order valence-electron chi connectivity index (χ2n) is 7.82. The molecule has 11 heteroatoms. The summed E-state index contributed by atoms with van der Waals surface area (Å²) in [5.74, 6) is -1.40. The van der Waals surface area contributed by atoms with Crippen molar-refractivity contribution >= 4 is 25.7 Å². The van der Waals surface area contributed by atoms with E-state index in [0.717, 1.165) is 0 Å². The summed E-state index contributed by atoms with van der Waals surface area (Å²) < 4.78 is 44.1. The van der Waals surface area contributed by atoms with Crippen molar-refractivity contribution in [2.45, 2.75) is 59.3 Å². The summed E-state index contributed by atoms with van der Waals surface area (Å²) in [6.45, 7) is 16.0. The van der Waals surface area contributed by atoms with E-state index in [9.17, 15) is 18.9 Å². The standard InChI is InChI=1S/C24H39O10P/c1-19(2)22(25)29-13-7-10-16-32-35(28,33-17-11-8-14-30-23(26)20(3)4)34-18-12-9-15-31-24(27)21(5)6/h1,3,5,7-18H2,2,4,6H3. The Kier molecular flexibility index (Phi) is 17.8. The molecule has 0 amide bonds. The van der Waals surface area contributed by atoms with Crippen LogP contribution in [0.25, 0.3) is 0 Å². The predicted molar refractivity (Wildman–Crippen MR) is 130 cm³/mol. The van der Waals surface area contributed by atoms with Crippen LogP contribution in [0.2, 0.25) is 0 Å². The molecule has 0 unspecified atom stereocenters. The van der Waals surface area contributed by atoms with E-state index in [-0.39, 0.29) is 39.6 Å². The maximum atomic E-state index is 12.9. The first kappa shape index (κ1) is 32.7. The van der Waals surface area contributed by atoms with Crippen LogP contribution in [-0.2, 0) is 46.7 Å². The quantitative estimate of drug-likeness (QED) is 0.0685. The Balaban J connectivity index is 4.40. The lowest BCUT2D eigenvalue weighted by Gasteiger charge is -2.18. The summed E-state index contributed by atoms with van der Waals surface area (Å²) in [6, 6.07) is 0. The van der Waals surface area contributed by atoms with Gasteiger partial charge in [0.25, 0.3) is 0 Å². The van der Waals surface area contributed by atoms with Gasteiger partial charge in [-0.1, -0.05) is 19.7 Å². The van der Waals surface area contributed by atoms with Crippen LogP contribution in [-0.4, -0.2) is 57.5 Å². The van der Waals surface area contributed by atoms with Crippen LogP contribution in [0, 0.1) is 0 Å². The molecule has 0 spiro atoms. The number of phosphoric ester groups is 1. The van der Waals surface area contributed by atoms with Gasteiger partial charge in [0.1, 0.15) is 0 Å². The predicted octanol–water partition coefficient (Wildman–Crippen LogP) is 4.84. The van der Waals surface area contributed by atoms with Gasteiger partial charge in [0, 0.05) is 16.7 Å². The van der Waals surface area contributed by atoms with Gasteiger partial charge in [0.15, 0.2) is 0 Å². The Morgan fingerprint density at radius 2 is 0.743 bits per heavy atom. The van der Waals surface area contributed by atoms with Crippen molar-refractivity contribution in [3.63, 3.8) is 0 Å². The van der Waals surface area contributed by atoms with Crippen LogP contribution in [0.4, 0.5) is 0 Å². The monoisotopic (exact) mass is 518 g/mol. The Hall–Kier alpha value is -2.26. The number of unbranched alkanes of at least 4 members (excludes halogenated alkanes) is 3. The Morgan fingerprint density at radius 3 is 0.971 bits per heavy atom. The Labute approximate surface area is 208 Å². The largest absolute Gasteiger partial charge is 0.474 e. The zero-order valence-electron chi connectivity index (χ0n) is 21.1. The maximum absolute atomic E-state index is 12.9. The van der Waals surface area contributed by atoms with Gasteiger partial charge in [-0.15, -0.1) is 0 Å². The summed E-state index contributed by atoms with van der Waals surface area (Å²) in [6.07, 6.45) is 2.90. The minimum atomic E-state index is -3.84. The van der Waals surface area contributed by atoms with Crippen molar-refractivity contribution < 1.29 is 46.7 Å². The second kappa shape index (κ2) is 19.0. The summed E-state index contributed by atoms with van der Waals surface area (Å²) in [5, 5.41) is 0. The molecule has 0 heterocycles. The molecule has 0 aromatic carbocycles. The van der Waals surface area contributed by atoms with Gasteiger partial charge in [0.2, 0.25) is 0 Å². The fourth-order valence-corrected chi connectivity index (χ4v) is 3.40. The fourth-order valence-electron chi connectivity index (χ4n) is 2.12. The molecule has 0 rings (SSSR count). The molecular formula is C24H39O10P. The Bertz CT molecular complexity index is 674. The number of rotatable bonds is 21. The van der Waals surface area contributed by atoms with E-state index in [4.69, 9.17) is 27.8 Å². The number of phosphoric acid groups is 1. The number of hydrogen-bond donors (Lipinski definition) is 0. The second-order valence-corrected chi connectivity index (χ2v) is 9.49. The van der Waals surface area contributed by atoms with Gasteiger partial charge in [-0.05, 0) is 59.3 Å². The third-order valence-corrected chi connectivity index (χ3v) is 5.61. The highest BCUT2D eigenvalue weighted by atomic mass is 31.2. The summed E-state index contributed by atoms with van der Waals surface area (Å²) in [4.78, 5) is 34.1. The zero-order chi connectivity index (χ0) is 26.7. The van der Waals surface area contributed by atoms with Crippen LogP contribution in [0.15, 0.2) is 36.5 Å². The van der Waals surface area contributed by atoms with Crippen LogP contribution < -0.4 is 0 Å². The van der Waals surface area contributed by atoms with E-state index in [1.165, 1.54) is 0 Å². The molecule has 0 aliphatic heterocycles. The molecule has 0 atom stereocenters. The molecule has 0 aliphatic carbocycles. The van der Waals surface area contributed by atoms with Gasteiger partial charge in [-0.2, -0.15) is 0 Å². The van der Waals surface area contributed by atoms with Crippen LogP contribution in [0.3, 0.4) is 0 Å². The van der Waals surface area contributed by atoms with Gasteiger partial charge in [-0.25, -0.2) is 18.9 Å². The van der Waals surface area contributed by atoms with Gasteiger partial charge in [-0.3, -0.25) is 13.6 Å². The lowest BCUT2D eigenvalue weighted by molar-refractivity contribution is -0.139. The van der Waals surface area contributed by atoms with Crippen molar-refractivity contribution in [3.05, 3.63) is 36.5 Å². The molecule has 0 fully saturated rings. The number of esters is 3. The number of carbonyl (C=O) groups excluding carboxylic acids is 3.